The van der Waals surface area contributed by atoms with Crippen molar-refractivity contribution in [3.05, 3.63) is 24.0 Å². The van der Waals surface area contributed by atoms with Crippen molar-refractivity contribution >= 4 is 0 Å². The molecule has 0 aliphatic heterocycles. The Morgan fingerprint density at radius 1 is 1.42 bits per heavy atom. The fourth-order valence-corrected chi connectivity index (χ4v) is 1.28. The number of unbranched alkanes of at least 4 members (excludes halogenated alkanes) is 1. The molecule has 0 aliphatic rings. The first-order chi connectivity index (χ1) is 5.74. The Labute approximate surface area is 75.4 Å². The van der Waals surface area contributed by atoms with E-state index in [4.69, 9.17) is 0 Å². The van der Waals surface area contributed by atoms with Gasteiger partial charge in [-0.25, -0.2) is 0 Å². The zero-order chi connectivity index (χ0) is 8.97. The van der Waals surface area contributed by atoms with E-state index >= 15 is 0 Å². The smallest absolute Gasteiger partial charge is 0.0219 e. The first-order valence-electron chi connectivity index (χ1n) is 4.89. The van der Waals surface area contributed by atoms with Crippen LogP contribution in [-0.2, 0) is 6.54 Å². The minimum absolute atomic E-state index is 0.660. The lowest BCUT2D eigenvalue weighted by atomic mass is 10.1. The van der Waals surface area contributed by atoms with Crippen molar-refractivity contribution in [1.82, 2.24) is 4.57 Å². The van der Waals surface area contributed by atoms with Crippen molar-refractivity contribution in [1.29, 1.82) is 0 Å². The van der Waals surface area contributed by atoms with E-state index in [9.17, 15) is 0 Å². The topological polar surface area (TPSA) is 4.93 Å². The Bertz CT molecular complexity index is 223. The summed E-state index contributed by atoms with van der Waals surface area (Å²) in [6.45, 7) is 7.87. The maximum atomic E-state index is 2.29. The highest BCUT2D eigenvalue weighted by Crippen LogP contribution is 2.14. The molecular weight excluding hydrogens is 146 g/mol. The first kappa shape index (κ1) is 9.37. The van der Waals surface area contributed by atoms with Gasteiger partial charge in [0, 0.05) is 18.9 Å². The molecule has 0 aromatic carbocycles. The SMILES string of the molecule is CCCCn1ccc(C(C)C)c1. The monoisotopic (exact) mass is 165 g/mol. The molecule has 1 heterocycles. The van der Waals surface area contributed by atoms with Gasteiger partial charge in [-0.15, -0.1) is 0 Å². The van der Waals surface area contributed by atoms with Crippen LogP contribution in [0.5, 0.6) is 0 Å². The van der Waals surface area contributed by atoms with Gasteiger partial charge in [-0.05, 0) is 24.0 Å². The third kappa shape index (κ3) is 2.40. The summed E-state index contributed by atoms with van der Waals surface area (Å²) in [7, 11) is 0. The lowest BCUT2D eigenvalue weighted by Gasteiger charge is -2.01. The average molecular weight is 165 g/mol. The van der Waals surface area contributed by atoms with Crippen molar-refractivity contribution in [2.45, 2.75) is 46.1 Å². The third-order valence-corrected chi connectivity index (χ3v) is 2.21. The summed E-state index contributed by atoms with van der Waals surface area (Å²) in [6, 6.07) is 2.22. The lowest BCUT2D eigenvalue weighted by molar-refractivity contribution is 0.632. The summed E-state index contributed by atoms with van der Waals surface area (Å²) in [5.74, 6) is 0.660. The average Bonchev–Trinajstić information content (AvgIpc) is 2.48. The molecule has 1 heteroatoms. The molecule has 1 aromatic rings. The summed E-state index contributed by atoms with van der Waals surface area (Å²) in [6.07, 6.45) is 7.01. The van der Waals surface area contributed by atoms with Gasteiger partial charge >= 0.3 is 0 Å². The molecule has 0 saturated carbocycles. The molecule has 0 spiro atoms. The zero-order valence-corrected chi connectivity index (χ0v) is 8.38. The molecule has 0 N–H and O–H groups in total. The zero-order valence-electron chi connectivity index (χ0n) is 8.38. The van der Waals surface area contributed by atoms with Crippen molar-refractivity contribution in [3.8, 4) is 0 Å². The molecule has 0 unspecified atom stereocenters. The van der Waals surface area contributed by atoms with Crippen LogP contribution in [0.2, 0.25) is 0 Å². The van der Waals surface area contributed by atoms with Gasteiger partial charge < -0.3 is 4.57 Å². The second kappa shape index (κ2) is 4.34. The van der Waals surface area contributed by atoms with Crippen LogP contribution in [0.1, 0.15) is 45.1 Å². The minimum atomic E-state index is 0.660. The fraction of sp³-hybridized carbons (Fsp3) is 0.636. The Kier molecular flexibility index (Phi) is 3.39. The Hall–Kier alpha value is -0.720. The predicted molar refractivity (Wildman–Crippen MR) is 53.4 cm³/mol. The van der Waals surface area contributed by atoms with E-state index in [-0.39, 0.29) is 0 Å². The molecule has 68 valence electrons. The van der Waals surface area contributed by atoms with Crippen LogP contribution >= 0.6 is 0 Å². The molecule has 0 aliphatic carbocycles. The maximum Gasteiger partial charge on any atom is 0.0219 e. The molecule has 0 bridgehead atoms. The fourth-order valence-electron chi connectivity index (χ4n) is 1.28. The number of rotatable bonds is 4. The molecule has 1 nitrogen and oxygen atoms in total. The quantitative estimate of drug-likeness (QED) is 0.644. The van der Waals surface area contributed by atoms with E-state index in [1.54, 1.807) is 0 Å². The van der Waals surface area contributed by atoms with E-state index in [1.165, 1.54) is 24.9 Å². The van der Waals surface area contributed by atoms with Crippen LogP contribution in [0.25, 0.3) is 0 Å². The Balaban J connectivity index is 2.52. The summed E-state index contributed by atoms with van der Waals surface area (Å²) in [5.41, 5.74) is 1.45. The second-order valence-electron chi connectivity index (χ2n) is 3.69. The van der Waals surface area contributed by atoms with Crippen molar-refractivity contribution in [2.24, 2.45) is 0 Å². The second-order valence-corrected chi connectivity index (χ2v) is 3.69. The van der Waals surface area contributed by atoms with Crippen molar-refractivity contribution in [2.75, 3.05) is 0 Å². The molecular formula is C11H19N. The lowest BCUT2D eigenvalue weighted by Crippen LogP contribution is -1.93. The van der Waals surface area contributed by atoms with Gasteiger partial charge in [-0.1, -0.05) is 27.2 Å². The van der Waals surface area contributed by atoms with Crippen LogP contribution in [-0.4, -0.2) is 4.57 Å². The number of nitrogens with zero attached hydrogens (tertiary/aromatic N) is 1. The summed E-state index contributed by atoms with van der Waals surface area (Å²) < 4.78 is 2.29. The van der Waals surface area contributed by atoms with Crippen molar-refractivity contribution < 1.29 is 0 Å². The standard InChI is InChI=1S/C11H19N/c1-4-5-7-12-8-6-11(9-12)10(2)3/h6,8-10H,4-5,7H2,1-3H3. The van der Waals surface area contributed by atoms with Crippen molar-refractivity contribution in [3.63, 3.8) is 0 Å². The van der Waals surface area contributed by atoms with Crippen LogP contribution in [0.4, 0.5) is 0 Å². The summed E-state index contributed by atoms with van der Waals surface area (Å²) >= 11 is 0. The summed E-state index contributed by atoms with van der Waals surface area (Å²) in [4.78, 5) is 0. The minimum Gasteiger partial charge on any atom is -0.354 e. The highest BCUT2D eigenvalue weighted by molar-refractivity contribution is 5.14. The molecule has 0 amide bonds. The maximum absolute atomic E-state index is 2.29. The molecule has 0 fully saturated rings. The van der Waals surface area contributed by atoms with E-state index in [2.05, 4.69) is 43.8 Å². The van der Waals surface area contributed by atoms with Crippen LogP contribution < -0.4 is 0 Å². The number of hydrogen-bond donors (Lipinski definition) is 0. The highest BCUT2D eigenvalue weighted by atomic mass is 14.9. The van der Waals surface area contributed by atoms with E-state index in [0.29, 0.717) is 5.92 Å². The van der Waals surface area contributed by atoms with E-state index in [0.717, 1.165) is 0 Å². The van der Waals surface area contributed by atoms with Gasteiger partial charge in [0.2, 0.25) is 0 Å². The first-order valence-corrected chi connectivity index (χ1v) is 4.89. The number of aryl methyl sites for hydroxylation is 1. The molecule has 12 heavy (non-hydrogen) atoms. The van der Waals surface area contributed by atoms with Crippen LogP contribution in [0.15, 0.2) is 18.5 Å². The Morgan fingerprint density at radius 2 is 2.17 bits per heavy atom. The van der Waals surface area contributed by atoms with Gasteiger partial charge in [0.1, 0.15) is 0 Å². The Morgan fingerprint density at radius 3 is 2.67 bits per heavy atom. The van der Waals surface area contributed by atoms with E-state index < -0.39 is 0 Å². The van der Waals surface area contributed by atoms with Gasteiger partial charge in [0.05, 0.1) is 0 Å². The van der Waals surface area contributed by atoms with Gasteiger partial charge in [-0.2, -0.15) is 0 Å². The molecule has 0 saturated heterocycles. The predicted octanol–water partition coefficient (Wildman–Crippen LogP) is 3.41. The molecule has 1 aromatic heterocycles. The van der Waals surface area contributed by atoms with E-state index in [1.807, 2.05) is 0 Å². The number of aromatic nitrogens is 1. The largest absolute Gasteiger partial charge is 0.354 e. The summed E-state index contributed by atoms with van der Waals surface area (Å²) in [5, 5.41) is 0. The molecule has 1 rings (SSSR count). The van der Waals surface area contributed by atoms with Gasteiger partial charge in [0.25, 0.3) is 0 Å². The van der Waals surface area contributed by atoms with Gasteiger partial charge in [0.15, 0.2) is 0 Å². The molecule has 0 atom stereocenters. The highest BCUT2D eigenvalue weighted by Gasteiger charge is 1.99. The van der Waals surface area contributed by atoms with Crippen LogP contribution in [0.3, 0.4) is 0 Å². The molecule has 0 radical (unpaired) electrons. The third-order valence-electron chi connectivity index (χ3n) is 2.21. The van der Waals surface area contributed by atoms with Crippen LogP contribution in [0, 0.1) is 0 Å². The number of hydrogen-bond acceptors (Lipinski definition) is 0. The van der Waals surface area contributed by atoms with Gasteiger partial charge in [-0.3, -0.25) is 0 Å². The normalized spacial score (nSPS) is 11.0.